The molecule has 0 atom stereocenters. The molecular weight excluding hydrogens is 194 g/mol. The first-order valence-corrected chi connectivity index (χ1v) is 5.56. The summed E-state index contributed by atoms with van der Waals surface area (Å²) in [5.41, 5.74) is 3.85. The molecule has 0 radical (unpaired) electrons. The van der Waals surface area contributed by atoms with Gasteiger partial charge in [0, 0.05) is 17.3 Å². The molecule has 3 rings (SSSR count). The first kappa shape index (κ1) is 9.34. The van der Waals surface area contributed by atoms with Crippen LogP contribution in [0.3, 0.4) is 0 Å². The van der Waals surface area contributed by atoms with Crippen molar-refractivity contribution in [1.29, 1.82) is 0 Å². The zero-order valence-electron chi connectivity index (χ0n) is 9.27. The van der Waals surface area contributed by atoms with Crippen LogP contribution >= 0.6 is 0 Å². The van der Waals surface area contributed by atoms with Crippen LogP contribution in [0.4, 0.5) is 0 Å². The lowest BCUT2D eigenvalue weighted by Crippen LogP contribution is -2.25. The highest BCUT2D eigenvalue weighted by atomic mass is 14.7. The monoisotopic (exact) mass is 207 g/mol. The Morgan fingerprint density at radius 1 is 1.06 bits per heavy atom. The van der Waals surface area contributed by atoms with Crippen molar-refractivity contribution in [3.63, 3.8) is 0 Å². The fraction of sp³-hybridized carbons (Fsp3) is 0.133. The van der Waals surface area contributed by atoms with Gasteiger partial charge in [0.15, 0.2) is 0 Å². The van der Waals surface area contributed by atoms with Crippen molar-refractivity contribution in [1.82, 2.24) is 0 Å². The summed E-state index contributed by atoms with van der Waals surface area (Å²) < 4.78 is 0. The number of benzene rings is 1. The predicted molar refractivity (Wildman–Crippen MR) is 66.2 cm³/mol. The molecule has 2 aliphatic rings. The minimum Gasteiger partial charge on any atom is -0.252 e. The molecule has 0 saturated heterocycles. The maximum Gasteiger partial charge on any atom is 0.0708 e. The van der Waals surface area contributed by atoms with Gasteiger partial charge in [0.25, 0.3) is 0 Å². The molecule has 0 fully saturated rings. The summed E-state index contributed by atoms with van der Waals surface area (Å²) in [7, 11) is 0. The second-order valence-electron chi connectivity index (χ2n) is 4.17. The van der Waals surface area contributed by atoms with Crippen molar-refractivity contribution < 1.29 is 0 Å². The Kier molecular flexibility index (Phi) is 2.10. The largest absolute Gasteiger partial charge is 0.252 e. The molecule has 0 saturated carbocycles. The maximum absolute atomic E-state index is 4.72. The van der Waals surface area contributed by atoms with Gasteiger partial charge in [-0.05, 0) is 30.2 Å². The van der Waals surface area contributed by atoms with E-state index in [0.29, 0.717) is 0 Å². The number of fused-ring (bicyclic) bond motifs is 3. The quantitative estimate of drug-likeness (QED) is 0.619. The van der Waals surface area contributed by atoms with E-state index in [9.17, 15) is 0 Å². The highest BCUT2D eigenvalue weighted by Crippen LogP contribution is 2.22. The van der Waals surface area contributed by atoms with Gasteiger partial charge in [-0.15, -0.1) is 0 Å². The van der Waals surface area contributed by atoms with E-state index < -0.39 is 0 Å². The Hall–Kier alpha value is -1.89. The van der Waals surface area contributed by atoms with Crippen LogP contribution in [-0.2, 0) is 0 Å². The molecule has 1 aliphatic carbocycles. The number of rotatable bonds is 0. The Balaban J connectivity index is 2.47. The topological polar surface area (TPSA) is 12.4 Å². The van der Waals surface area contributed by atoms with Crippen LogP contribution in [0.25, 0.3) is 5.57 Å². The number of nitrogens with zero attached hydrogens (tertiary/aromatic N) is 1. The van der Waals surface area contributed by atoms with Crippen LogP contribution in [0.2, 0.25) is 0 Å². The number of para-hydroxylation sites is 1. The zero-order chi connectivity index (χ0) is 11.0. The van der Waals surface area contributed by atoms with Crippen molar-refractivity contribution in [2.24, 2.45) is 4.99 Å². The summed E-state index contributed by atoms with van der Waals surface area (Å²) in [6.07, 6.45) is 9.38. The highest BCUT2D eigenvalue weighted by molar-refractivity contribution is 5.65. The fourth-order valence-electron chi connectivity index (χ4n) is 2.20. The molecule has 1 aromatic rings. The van der Waals surface area contributed by atoms with Gasteiger partial charge in [0.05, 0.1) is 5.36 Å². The molecule has 1 aromatic carbocycles. The van der Waals surface area contributed by atoms with E-state index in [4.69, 9.17) is 4.99 Å². The van der Waals surface area contributed by atoms with Crippen LogP contribution in [0, 0.1) is 0 Å². The minimum atomic E-state index is 0.938. The molecule has 0 N–H and O–H groups in total. The number of hydrogen-bond donors (Lipinski definition) is 0. The van der Waals surface area contributed by atoms with E-state index >= 15 is 0 Å². The Morgan fingerprint density at radius 3 is 2.81 bits per heavy atom. The van der Waals surface area contributed by atoms with Gasteiger partial charge in [-0.25, -0.2) is 0 Å². The summed E-state index contributed by atoms with van der Waals surface area (Å²) >= 11 is 0. The molecule has 78 valence electrons. The molecule has 0 unspecified atom stereocenters. The van der Waals surface area contributed by atoms with Gasteiger partial charge in [0.2, 0.25) is 0 Å². The van der Waals surface area contributed by atoms with E-state index in [-0.39, 0.29) is 0 Å². The van der Waals surface area contributed by atoms with Gasteiger partial charge >= 0.3 is 0 Å². The summed E-state index contributed by atoms with van der Waals surface area (Å²) in [6.45, 7) is 2.18. The van der Waals surface area contributed by atoms with Crippen molar-refractivity contribution in [2.75, 3.05) is 0 Å². The second kappa shape index (κ2) is 3.60. The van der Waals surface area contributed by atoms with Crippen molar-refractivity contribution in [3.05, 3.63) is 70.4 Å². The summed E-state index contributed by atoms with van der Waals surface area (Å²) in [5, 5.41) is 2.34. The molecular formula is C15H13N. The van der Waals surface area contributed by atoms with Gasteiger partial charge in [-0.2, -0.15) is 0 Å². The van der Waals surface area contributed by atoms with Crippen molar-refractivity contribution in [2.45, 2.75) is 13.3 Å². The summed E-state index contributed by atoms with van der Waals surface area (Å²) in [4.78, 5) is 4.72. The molecule has 0 spiro atoms. The van der Waals surface area contributed by atoms with E-state index in [1.54, 1.807) is 0 Å². The van der Waals surface area contributed by atoms with E-state index in [0.717, 1.165) is 17.5 Å². The maximum atomic E-state index is 4.72. The number of allylic oxidation sites excluding steroid dienone is 5. The fourth-order valence-corrected chi connectivity index (χ4v) is 2.20. The molecule has 1 nitrogen and oxygen atoms in total. The summed E-state index contributed by atoms with van der Waals surface area (Å²) in [5.74, 6) is 0. The standard InChI is InChI=1S/C15H13N/c1-11-12-6-2-3-7-13(10-12)16-15-9-5-4-8-14(11)15/h2-9H,10H2,1H3. The first-order valence-electron chi connectivity index (χ1n) is 5.56. The second-order valence-corrected chi connectivity index (χ2v) is 4.17. The highest BCUT2D eigenvalue weighted by Gasteiger charge is 2.09. The molecule has 0 aromatic heterocycles. The van der Waals surface area contributed by atoms with E-state index in [2.05, 4.69) is 49.4 Å². The number of hydrogen-bond acceptors (Lipinski definition) is 1. The van der Waals surface area contributed by atoms with Crippen LogP contribution in [0.1, 0.15) is 13.3 Å². The normalized spacial score (nSPS) is 17.7. The Labute approximate surface area is 94.8 Å². The average Bonchev–Trinajstić information content (AvgIpc) is 2.61. The molecule has 1 heteroatoms. The van der Waals surface area contributed by atoms with Gasteiger partial charge in [0.1, 0.15) is 0 Å². The Bertz CT molecular complexity index is 642. The lowest BCUT2D eigenvalue weighted by Gasteiger charge is -2.03. The van der Waals surface area contributed by atoms with Crippen molar-refractivity contribution >= 4 is 5.57 Å². The van der Waals surface area contributed by atoms with Gasteiger partial charge in [-0.1, -0.05) is 36.4 Å². The van der Waals surface area contributed by atoms with Gasteiger partial charge in [-0.3, -0.25) is 4.99 Å². The Morgan fingerprint density at radius 2 is 1.88 bits per heavy atom. The van der Waals surface area contributed by atoms with Crippen molar-refractivity contribution in [3.8, 4) is 0 Å². The molecule has 1 aliphatic heterocycles. The van der Waals surface area contributed by atoms with Gasteiger partial charge < -0.3 is 0 Å². The smallest absolute Gasteiger partial charge is 0.0708 e. The zero-order valence-corrected chi connectivity index (χ0v) is 9.27. The molecule has 0 amide bonds. The van der Waals surface area contributed by atoms with Crippen LogP contribution in [0.5, 0.6) is 0 Å². The third-order valence-corrected chi connectivity index (χ3v) is 3.12. The first-order chi connectivity index (χ1) is 7.84. The SMILES string of the molecule is CC1=c2ccccc2=NC2=CC=CC=C1C2. The molecule has 16 heavy (non-hydrogen) atoms. The van der Waals surface area contributed by atoms with Crippen LogP contribution in [-0.4, -0.2) is 0 Å². The molecule has 2 bridgehead atoms. The minimum absolute atomic E-state index is 0.938. The van der Waals surface area contributed by atoms with E-state index in [1.165, 1.54) is 16.4 Å². The molecule has 1 heterocycles. The summed E-state index contributed by atoms with van der Waals surface area (Å²) in [6, 6.07) is 8.35. The third-order valence-electron chi connectivity index (χ3n) is 3.12. The van der Waals surface area contributed by atoms with Crippen LogP contribution < -0.4 is 10.6 Å². The third kappa shape index (κ3) is 1.45. The lowest BCUT2D eigenvalue weighted by atomic mass is 10.0. The average molecular weight is 207 g/mol. The van der Waals surface area contributed by atoms with Crippen LogP contribution in [0.15, 0.2) is 64.8 Å². The predicted octanol–water partition coefficient (Wildman–Crippen LogP) is 2.26. The van der Waals surface area contributed by atoms with E-state index in [1.807, 2.05) is 6.07 Å². The lowest BCUT2D eigenvalue weighted by molar-refractivity contribution is 1.10.